The van der Waals surface area contributed by atoms with E-state index in [1.165, 1.54) is 7.11 Å². The number of ether oxygens (including phenoxy) is 2. The van der Waals surface area contributed by atoms with Crippen LogP contribution in [0.25, 0.3) is 10.8 Å². The van der Waals surface area contributed by atoms with Gasteiger partial charge in [-0.2, -0.15) is 0 Å². The maximum atomic E-state index is 12.0. The van der Waals surface area contributed by atoms with Crippen molar-refractivity contribution in [3.05, 3.63) is 64.5 Å². The number of carbonyl (C=O) groups is 2. The lowest BCUT2D eigenvalue weighted by Crippen LogP contribution is -2.06. The Morgan fingerprint density at radius 2 is 1.86 bits per heavy atom. The van der Waals surface area contributed by atoms with Crippen LogP contribution in [0.5, 0.6) is 0 Å². The number of hydrogen-bond acceptors (Lipinski definition) is 6. The maximum Gasteiger partial charge on any atom is 0.344 e. The van der Waals surface area contributed by atoms with E-state index < -0.39 is 5.97 Å². The lowest BCUT2D eigenvalue weighted by Gasteiger charge is -2.03. The Kier molecular flexibility index (Phi) is 5.75. The number of benzene rings is 2. The average molecular weight is 377 g/mol. The van der Waals surface area contributed by atoms with Gasteiger partial charge >= 0.3 is 11.9 Å². The van der Waals surface area contributed by atoms with Crippen LogP contribution in [0.1, 0.15) is 39.9 Å². The summed E-state index contributed by atoms with van der Waals surface area (Å²) < 4.78 is 14.9. The van der Waals surface area contributed by atoms with Gasteiger partial charge in [0.25, 0.3) is 0 Å². The zero-order valence-corrected chi connectivity index (χ0v) is 15.9. The second-order valence-electron chi connectivity index (χ2n) is 6.09. The van der Waals surface area contributed by atoms with Crippen molar-refractivity contribution >= 4 is 22.7 Å². The van der Waals surface area contributed by atoms with Gasteiger partial charge in [0.05, 0.1) is 25.8 Å². The molecule has 3 aromatic rings. The quantitative estimate of drug-likeness (QED) is 0.512. The Bertz CT molecular complexity index is 1100. The monoisotopic (exact) mass is 377 g/mol. The molecule has 0 aliphatic heterocycles. The van der Waals surface area contributed by atoms with Crippen molar-refractivity contribution in [2.75, 3.05) is 13.7 Å². The number of esters is 2. The molecule has 1 aromatic heterocycles. The number of rotatable bonds is 4. The molecule has 0 atom stereocenters. The smallest absolute Gasteiger partial charge is 0.344 e. The molecule has 0 aliphatic rings. The van der Waals surface area contributed by atoms with Gasteiger partial charge in [0, 0.05) is 5.56 Å². The zero-order valence-electron chi connectivity index (χ0n) is 15.9. The summed E-state index contributed by atoms with van der Waals surface area (Å²) in [6, 6.07) is 11.5. The van der Waals surface area contributed by atoms with Gasteiger partial charge < -0.3 is 14.0 Å². The molecule has 6 heteroatoms. The second kappa shape index (κ2) is 8.40. The van der Waals surface area contributed by atoms with Crippen LogP contribution in [-0.4, -0.2) is 30.8 Å². The Morgan fingerprint density at radius 3 is 2.61 bits per heavy atom. The summed E-state index contributed by atoms with van der Waals surface area (Å²) in [5.41, 5.74) is 2.34. The van der Waals surface area contributed by atoms with Crippen molar-refractivity contribution in [3.63, 3.8) is 0 Å². The van der Waals surface area contributed by atoms with E-state index in [1.807, 2.05) is 36.4 Å². The first kappa shape index (κ1) is 19.2. The van der Waals surface area contributed by atoms with Crippen LogP contribution in [0.2, 0.25) is 0 Å². The topological polar surface area (TPSA) is 78.6 Å². The molecule has 0 unspecified atom stereocenters. The van der Waals surface area contributed by atoms with E-state index in [0.29, 0.717) is 5.69 Å². The predicted octanol–water partition coefficient (Wildman–Crippen LogP) is 3.43. The third kappa shape index (κ3) is 4.21. The fourth-order valence-electron chi connectivity index (χ4n) is 2.75. The molecule has 2 aromatic carbocycles. The standard InChI is InChI=1S/C22H19NO5/c1-4-27-22(25)21-14(2)23-28-19(21)10-7-15-5-8-18-12-16(13-20(24)26-3)6-9-17(18)11-15/h5-6,8-9,11-12H,4,13H2,1-3H3. The molecule has 0 fully saturated rings. The molecule has 28 heavy (non-hydrogen) atoms. The molecule has 0 N–H and O–H groups in total. The van der Waals surface area contributed by atoms with Crippen LogP contribution in [-0.2, 0) is 20.7 Å². The van der Waals surface area contributed by atoms with Crippen molar-refractivity contribution in [3.8, 4) is 11.8 Å². The van der Waals surface area contributed by atoms with E-state index in [4.69, 9.17) is 14.0 Å². The maximum absolute atomic E-state index is 12.0. The second-order valence-corrected chi connectivity index (χ2v) is 6.09. The van der Waals surface area contributed by atoms with E-state index in [0.717, 1.165) is 21.9 Å². The molecule has 0 spiro atoms. The molecule has 0 bridgehead atoms. The Hall–Kier alpha value is -3.59. The van der Waals surface area contributed by atoms with Crippen LogP contribution in [0.15, 0.2) is 40.9 Å². The first-order valence-electron chi connectivity index (χ1n) is 8.76. The van der Waals surface area contributed by atoms with Gasteiger partial charge in [-0.3, -0.25) is 4.79 Å². The lowest BCUT2D eigenvalue weighted by molar-refractivity contribution is -0.139. The normalized spacial score (nSPS) is 10.2. The fraction of sp³-hybridized carbons (Fsp3) is 0.227. The Morgan fingerprint density at radius 1 is 1.11 bits per heavy atom. The number of nitrogens with zero attached hydrogens (tertiary/aromatic N) is 1. The number of methoxy groups -OCH3 is 1. The van der Waals surface area contributed by atoms with Crippen molar-refractivity contribution in [2.45, 2.75) is 20.3 Å². The van der Waals surface area contributed by atoms with Crippen LogP contribution < -0.4 is 0 Å². The van der Waals surface area contributed by atoms with E-state index in [-0.39, 0.29) is 30.3 Å². The molecule has 0 aliphatic carbocycles. The highest BCUT2D eigenvalue weighted by molar-refractivity contribution is 5.92. The number of hydrogen-bond donors (Lipinski definition) is 0. The summed E-state index contributed by atoms with van der Waals surface area (Å²) in [5.74, 6) is 5.26. The first-order valence-corrected chi connectivity index (χ1v) is 8.76. The summed E-state index contributed by atoms with van der Waals surface area (Å²) in [6.07, 6.45) is 0.232. The lowest BCUT2D eigenvalue weighted by atomic mass is 10.0. The highest BCUT2D eigenvalue weighted by Crippen LogP contribution is 2.19. The van der Waals surface area contributed by atoms with Crippen molar-refractivity contribution in [2.24, 2.45) is 0 Å². The summed E-state index contributed by atoms with van der Waals surface area (Å²) in [5, 5.41) is 5.79. The molecule has 3 rings (SSSR count). The van der Waals surface area contributed by atoms with Crippen LogP contribution in [0, 0.1) is 18.8 Å². The highest BCUT2D eigenvalue weighted by atomic mass is 16.5. The van der Waals surface area contributed by atoms with Crippen molar-refractivity contribution < 1.29 is 23.6 Å². The number of aromatic nitrogens is 1. The van der Waals surface area contributed by atoms with Crippen LogP contribution >= 0.6 is 0 Å². The van der Waals surface area contributed by atoms with E-state index >= 15 is 0 Å². The molecule has 0 amide bonds. The van der Waals surface area contributed by atoms with Crippen molar-refractivity contribution in [1.29, 1.82) is 0 Å². The van der Waals surface area contributed by atoms with Crippen molar-refractivity contribution in [1.82, 2.24) is 5.16 Å². The SMILES string of the molecule is CCOC(=O)c1c(C)noc1C#Cc1ccc2cc(CC(=O)OC)ccc2c1. The van der Waals surface area contributed by atoms with E-state index in [9.17, 15) is 9.59 Å². The van der Waals surface area contributed by atoms with Gasteiger partial charge in [-0.1, -0.05) is 35.3 Å². The molecular formula is C22H19NO5. The minimum atomic E-state index is -0.498. The zero-order chi connectivity index (χ0) is 20.1. The number of carbonyl (C=O) groups excluding carboxylic acids is 2. The minimum Gasteiger partial charge on any atom is -0.469 e. The number of aryl methyl sites for hydroxylation is 1. The largest absolute Gasteiger partial charge is 0.469 e. The van der Waals surface area contributed by atoms with E-state index in [1.54, 1.807) is 13.8 Å². The van der Waals surface area contributed by atoms with Gasteiger partial charge in [-0.15, -0.1) is 0 Å². The molecule has 142 valence electrons. The molecule has 0 radical (unpaired) electrons. The predicted molar refractivity (Wildman–Crippen MR) is 103 cm³/mol. The summed E-state index contributed by atoms with van der Waals surface area (Å²) in [6.45, 7) is 3.67. The minimum absolute atomic E-state index is 0.185. The van der Waals surface area contributed by atoms with Gasteiger partial charge in [-0.25, -0.2) is 4.79 Å². The van der Waals surface area contributed by atoms with Gasteiger partial charge in [0.15, 0.2) is 0 Å². The van der Waals surface area contributed by atoms with Gasteiger partial charge in [-0.05, 0) is 48.2 Å². The summed E-state index contributed by atoms with van der Waals surface area (Å²) in [7, 11) is 1.37. The molecular weight excluding hydrogens is 358 g/mol. The molecule has 1 heterocycles. The summed E-state index contributed by atoms with van der Waals surface area (Å²) in [4.78, 5) is 23.5. The molecule has 0 saturated heterocycles. The van der Waals surface area contributed by atoms with Gasteiger partial charge in [0.2, 0.25) is 5.76 Å². The first-order chi connectivity index (χ1) is 13.5. The Balaban J connectivity index is 1.88. The summed E-state index contributed by atoms with van der Waals surface area (Å²) >= 11 is 0. The third-order valence-electron chi connectivity index (χ3n) is 4.14. The highest BCUT2D eigenvalue weighted by Gasteiger charge is 2.20. The van der Waals surface area contributed by atoms with E-state index in [2.05, 4.69) is 17.0 Å². The molecule has 6 nitrogen and oxygen atoms in total. The number of fused-ring (bicyclic) bond motifs is 1. The Labute approximate surface area is 162 Å². The van der Waals surface area contributed by atoms with Crippen LogP contribution in [0.4, 0.5) is 0 Å². The fourth-order valence-corrected chi connectivity index (χ4v) is 2.75. The van der Waals surface area contributed by atoms with Gasteiger partial charge in [0.1, 0.15) is 5.56 Å². The van der Waals surface area contributed by atoms with Crippen LogP contribution in [0.3, 0.4) is 0 Å². The third-order valence-corrected chi connectivity index (χ3v) is 4.14. The molecule has 0 saturated carbocycles. The average Bonchev–Trinajstić information content (AvgIpc) is 3.06.